The molecule has 17 heavy (non-hydrogen) atoms. The molecule has 0 radical (unpaired) electrons. The average Bonchev–Trinajstić information content (AvgIpc) is 2.68. The van der Waals surface area contributed by atoms with E-state index >= 15 is 0 Å². The summed E-state index contributed by atoms with van der Waals surface area (Å²) in [6.45, 7) is 1.71. The third-order valence-electron chi connectivity index (χ3n) is 2.53. The van der Waals surface area contributed by atoms with Gasteiger partial charge in [-0.15, -0.1) is 0 Å². The molecule has 0 atom stereocenters. The second kappa shape index (κ2) is 4.84. The van der Waals surface area contributed by atoms with Gasteiger partial charge in [-0.05, 0) is 30.7 Å². The number of carbonyl (C=O) groups excluding carboxylic acids is 1. The highest BCUT2D eigenvalue weighted by atomic mass is 79.9. The van der Waals surface area contributed by atoms with E-state index in [1.165, 1.54) is 12.3 Å². The Morgan fingerprint density at radius 1 is 1.41 bits per heavy atom. The van der Waals surface area contributed by atoms with Crippen LogP contribution in [-0.4, -0.2) is 5.78 Å². The average molecular weight is 297 g/mol. The van der Waals surface area contributed by atoms with E-state index in [2.05, 4.69) is 15.9 Å². The minimum Gasteiger partial charge on any atom is -0.469 e. The number of rotatable bonds is 3. The Morgan fingerprint density at radius 2 is 2.18 bits per heavy atom. The summed E-state index contributed by atoms with van der Waals surface area (Å²) in [5, 5.41) is 0. The Morgan fingerprint density at radius 3 is 2.76 bits per heavy atom. The Labute approximate surface area is 107 Å². The normalized spacial score (nSPS) is 10.5. The van der Waals surface area contributed by atoms with E-state index < -0.39 is 0 Å². The fourth-order valence-corrected chi connectivity index (χ4v) is 1.94. The van der Waals surface area contributed by atoms with Gasteiger partial charge in [0.25, 0.3) is 0 Å². The number of hydrogen-bond acceptors (Lipinski definition) is 2. The van der Waals surface area contributed by atoms with Crippen molar-refractivity contribution in [1.29, 1.82) is 0 Å². The number of aryl methyl sites for hydroxylation is 1. The van der Waals surface area contributed by atoms with Gasteiger partial charge in [-0.25, -0.2) is 4.39 Å². The van der Waals surface area contributed by atoms with Gasteiger partial charge in [-0.1, -0.05) is 22.0 Å². The lowest BCUT2D eigenvalue weighted by atomic mass is 10.0. The predicted octanol–water partition coefficient (Wildman–Crippen LogP) is 3.92. The van der Waals surface area contributed by atoms with E-state index in [1.54, 1.807) is 25.1 Å². The van der Waals surface area contributed by atoms with Gasteiger partial charge in [0.05, 0.1) is 11.8 Å². The standard InChI is InChI=1S/C13H10BrFO2/c1-8-11(4-5-17-8)13(16)6-9-2-3-10(14)7-12(9)15/h2-5,7H,6H2,1H3. The molecular weight excluding hydrogens is 287 g/mol. The topological polar surface area (TPSA) is 30.2 Å². The molecule has 0 fully saturated rings. The van der Waals surface area contributed by atoms with E-state index in [0.717, 1.165) is 0 Å². The lowest BCUT2D eigenvalue weighted by Crippen LogP contribution is -2.05. The van der Waals surface area contributed by atoms with Crippen molar-refractivity contribution >= 4 is 21.7 Å². The summed E-state index contributed by atoms with van der Waals surface area (Å²) >= 11 is 3.17. The van der Waals surface area contributed by atoms with Crippen molar-refractivity contribution in [3.05, 3.63) is 57.7 Å². The van der Waals surface area contributed by atoms with Crippen LogP contribution in [0.5, 0.6) is 0 Å². The molecule has 1 aromatic heterocycles. The molecule has 0 unspecified atom stereocenters. The number of furan rings is 1. The summed E-state index contributed by atoms with van der Waals surface area (Å²) in [4.78, 5) is 11.9. The first kappa shape index (κ1) is 12.0. The van der Waals surface area contributed by atoms with Crippen molar-refractivity contribution in [2.45, 2.75) is 13.3 Å². The molecule has 0 saturated carbocycles. The number of benzene rings is 1. The summed E-state index contributed by atoms with van der Waals surface area (Å²) in [6.07, 6.45) is 1.50. The molecule has 0 N–H and O–H groups in total. The van der Waals surface area contributed by atoms with Crippen LogP contribution in [0.1, 0.15) is 21.7 Å². The van der Waals surface area contributed by atoms with E-state index in [1.807, 2.05) is 0 Å². The van der Waals surface area contributed by atoms with Crippen molar-refractivity contribution in [2.75, 3.05) is 0 Å². The molecule has 0 spiro atoms. The van der Waals surface area contributed by atoms with Gasteiger partial charge in [0.2, 0.25) is 0 Å². The van der Waals surface area contributed by atoms with Gasteiger partial charge in [-0.2, -0.15) is 0 Å². The largest absolute Gasteiger partial charge is 0.469 e. The van der Waals surface area contributed by atoms with Crippen LogP contribution in [0.2, 0.25) is 0 Å². The molecule has 4 heteroatoms. The van der Waals surface area contributed by atoms with Crippen LogP contribution in [0.3, 0.4) is 0 Å². The van der Waals surface area contributed by atoms with Crippen LogP contribution < -0.4 is 0 Å². The monoisotopic (exact) mass is 296 g/mol. The maximum absolute atomic E-state index is 13.5. The van der Waals surface area contributed by atoms with Crippen LogP contribution in [-0.2, 0) is 6.42 Å². The zero-order valence-corrected chi connectivity index (χ0v) is 10.8. The minimum atomic E-state index is -0.381. The fourth-order valence-electron chi connectivity index (χ4n) is 1.61. The lowest BCUT2D eigenvalue weighted by Gasteiger charge is -2.02. The SMILES string of the molecule is Cc1occc1C(=O)Cc1ccc(Br)cc1F. The highest BCUT2D eigenvalue weighted by Gasteiger charge is 2.14. The zero-order valence-electron chi connectivity index (χ0n) is 9.17. The Balaban J connectivity index is 2.22. The van der Waals surface area contributed by atoms with E-state index in [0.29, 0.717) is 21.4 Å². The molecule has 0 saturated heterocycles. The van der Waals surface area contributed by atoms with Crippen molar-refractivity contribution in [2.24, 2.45) is 0 Å². The quantitative estimate of drug-likeness (QED) is 0.804. The van der Waals surface area contributed by atoms with Crippen LogP contribution in [0.15, 0.2) is 39.4 Å². The molecule has 0 aliphatic carbocycles. The van der Waals surface area contributed by atoms with Gasteiger partial charge in [-0.3, -0.25) is 4.79 Å². The van der Waals surface area contributed by atoms with Crippen molar-refractivity contribution in [1.82, 2.24) is 0 Å². The summed E-state index contributed by atoms with van der Waals surface area (Å²) in [6, 6.07) is 6.28. The maximum atomic E-state index is 13.5. The third-order valence-corrected chi connectivity index (χ3v) is 3.02. The number of carbonyl (C=O) groups is 1. The first-order valence-corrected chi connectivity index (χ1v) is 5.88. The number of ketones is 1. The zero-order chi connectivity index (χ0) is 12.4. The van der Waals surface area contributed by atoms with Gasteiger partial charge < -0.3 is 4.42 Å². The second-order valence-electron chi connectivity index (χ2n) is 3.73. The highest BCUT2D eigenvalue weighted by Crippen LogP contribution is 2.18. The third kappa shape index (κ3) is 2.64. The molecule has 2 aromatic rings. The molecule has 0 amide bonds. The summed E-state index contributed by atoms with van der Waals surface area (Å²) < 4.78 is 19.3. The van der Waals surface area contributed by atoms with E-state index in [-0.39, 0.29) is 18.0 Å². The minimum absolute atomic E-state index is 0.0412. The van der Waals surface area contributed by atoms with Crippen LogP contribution >= 0.6 is 15.9 Å². The Hall–Kier alpha value is -1.42. The second-order valence-corrected chi connectivity index (χ2v) is 4.64. The fraction of sp³-hybridized carbons (Fsp3) is 0.154. The number of Topliss-reactive ketones (excluding diaryl/α,β-unsaturated/α-hetero) is 1. The van der Waals surface area contributed by atoms with E-state index in [4.69, 9.17) is 4.42 Å². The molecule has 88 valence electrons. The van der Waals surface area contributed by atoms with Crippen LogP contribution in [0.25, 0.3) is 0 Å². The van der Waals surface area contributed by atoms with Crippen LogP contribution in [0, 0.1) is 12.7 Å². The molecule has 1 heterocycles. The maximum Gasteiger partial charge on any atom is 0.170 e. The molecule has 0 bridgehead atoms. The summed E-state index contributed by atoms with van der Waals surface area (Å²) in [7, 11) is 0. The van der Waals surface area contributed by atoms with Gasteiger partial charge in [0.15, 0.2) is 5.78 Å². The highest BCUT2D eigenvalue weighted by molar-refractivity contribution is 9.10. The predicted molar refractivity (Wildman–Crippen MR) is 65.6 cm³/mol. The molecule has 0 aliphatic heterocycles. The van der Waals surface area contributed by atoms with Gasteiger partial charge in [0, 0.05) is 10.9 Å². The van der Waals surface area contributed by atoms with Crippen molar-refractivity contribution in [3.63, 3.8) is 0 Å². The number of halogens is 2. The van der Waals surface area contributed by atoms with Crippen LogP contribution in [0.4, 0.5) is 4.39 Å². The van der Waals surface area contributed by atoms with Crippen molar-refractivity contribution in [3.8, 4) is 0 Å². The smallest absolute Gasteiger partial charge is 0.170 e. The molecule has 2 rings (SSSR count). The lowest BCUT2D eigenvalue weighted by molar-refractivity contribution is 0.0990. The first-order chi connectivity index (χ1) is 8.08. The Bertz CT molecular complexity index is 560. The first-order valence-electron chi connectivity index (χ1n) is 5.09. The molecule has 2 nitrogen and oxygen atoms in total. The molecule has 1 aromatic carbocycles. The van der Waals surface area contributed by atoms with Gasteiger partial charge >= 0.3 is 0 Å². The summed E-state index contributed by atoms with van der Waals surface area (Å²) in [5.74, 6) is 0.0406. The van der Waals surface area contributed by atoms with E-state index in [9.17, 15) is 9.18 Å². The van der Waals surface area contributed by atoms with Crippen molar-refractivity contribution < 1.29 is 13.6 Å². The van der Waals surface area contributed by atoms with Gasteiger partial charge in [0.1, 0.15) is 11.6 Å². The molecular formula is C13H10BrFO2. The Kier molecular flexibility index (Phi) is 3.43. The molecule has 0 aliphatic rings. The number of hydrogen-bond donors (Lipinski definition) is 0. The summed E-state index contributed by atoms with van der Waals surface area (Å²) in [5.41, 5.74) is 0.895.